The van der Waals surface area contributed by atoms with Crippen molar-refractivity contribution in [3.8, 4) is 0 Å². The number of hydrogen-bond donors (Lipinski definition) is 2. The van der Waals surface area contributed by atoms with Crippen LogP contribution in [0.2, 0.25) is 0 Å². The van der Waals surface area contributed by atoms with Gasteiger partial charge in [-0.25, -0.2) is 13.4 Å². The second-order valence-electron chi connectivity index (χ2n) is 7.20. The summed E-state index contributed by atoms with van der Waals surface area (Å²) in [4.78, 5) is 21.3. The van der Waals surface area contributed by atoms with Crippen molar-refractivity contribution in [2.24, 2.45) is 5.92 Å². The molecular formula is C20H24N4O3S2. The van der Waals surface area contributed by atoms with Gasteiger partial charge in [-0.15, -0.1) is 11.3 Å². The van der Waals surface area contributed by atoms with Gasteiger partial charge in [0.1, 0.15) is 6.04 Å². The Morgan fingerprint density at radius 1 is 1.21 bits per heavy atom. The van der Waals surface area contributed by atoms with E-state index in [2.05, 4.69) is 20.0 Å². The molecule has 0 aliphatic rings. The van der Waals surface area contributed by atoms with Crippen LogP contribution in [0.1, 0.15) is 31.0 Å². The van der Waals surface area contributed by atoms with Crippen LogP contribution in [0.3, 0.4) is 0 Å². The lowest BCUT2D eigenvalue weighted by Gasteiger charge is -2.20. The van der Waals surface area contributed by atoms with Crippen LogP contribution in [0, 0.1) is 12.8 Å². The summed E-state index contributed by atoms with van der Waals surface area (Å²) in [7, 11) is -3.86. The maximum atomic E-state index is 12.9. The van der Waals surface area contributed by atoms with Crippen LogP contribution in [-0.4, -0.2) is 30.3 Å². The number of aromatic nitrogens is 2. The van der Waals surface area contributed by atoms with Gasteiger partial charge < -0.3 is 5.32 Å². The van der Waals surface area contributed by atoms with Crippen LogP contribution in [0.15, 0.2) is 47.5 Å². The highest BCUT2D eigenvalue weighted by Gasteiger charge is 2.27. The molecule has 0 saturated carbocycles. The first kappa shape index (κ1) is 21.4. The van der Waals surface area contributed by atoms with E-state index in [0.29, 0.717) is 12.1 Å². The van der Waals surface area contributed by atoms with Crippen molar-refractivity contribution in [1.82, 2.24) is 20.0 Å². The highest BCUT2D eigenvalue weighted by molar-refractivity contribution is 7.89. The third kappa shape index (κ3) is 5.59. The van der Waals surface area contributed by atoms with Crippen molar-refractivity contribution in [3.63, 3.8) is 0 Å². The lowest BCUT2D eigenvalue weighted by Crippen LogP contribution is -2.47. The van der Waals surface area contributed by atoms with E-state index in [1.807, 2.05) is 26.8 Å². The van der Waals surface area contributed by atoms with Gasteiger partial charge in [0, 0.05) is 6.20 Å². The Balaban J connectivity index is 1.77. The number of nitrogens with one attached hydrogen (secondary N) is 2. The van der Waals surface area contributed by atoms with E-state index in [-0.39, 0.29) is 23.3 Å². The number of fused-ring (bicyclic) bond motifs is 1. The zero-order valence-electron chi connectivity index (χ0n) is 16.5. The quantitative estimate of drug-likeness (QED) is 0.570. The van der Waals surface area contributed by atoms with Gasteiger partial charge >= 0.3 is 0 Å². The lowest BCUT2D eigenvalue weighted by molar-refractivity contribution is -0.123. The van der Waals surface area contributed by atoms with Crippen molar-refractivity contribution < 1.29 is 13.2 Å². The van der Waals surface area contributed by atoms with Crippen molar-refractivity contribution in [3.05, 3.63) is 53.3 Å². The molecule has 0 aliphatic carbocycles. The number of carbonyl (C=O) groups is 1. The molecule has 9 heteroatoms. The fraction of sp³-hybridized carbons (Fsp3) is 0.350. The Morgan fingerprint density at radius 2 is 2.00 bits per heavy atom. The van der Waals surface area contributed by atoms with Crippen molar-refractivity contribution >= 4 is 37.5 Å². The van der Waals surface area contributed by atoms with Crippen molar-refractivity contribution in [2.45, 2.75) is 44.7 Å². The first-order chi connectivity index (χ1) is 13.7. The first-order valence-electron chi connectivity index (χ1n) is 9.32. The molecule has 2 heterocycles. The topological polar surface area (TPSA) is 101 Å². The van der Waals surface area contributed by atoms with Crippen LogP contribution in [0.4, 0.5) is 0 Å². The highest BCUT2D eigenvalue weighted by atomic mass is 32.2. The molecule has 1 amide bonds. The standard InChI is InChI=1S/C20H24N4O3S2/c1-13(2)10-18(20(25)22-12-15-6-4-5-9-21-15)24-29(26,27)16-7-8-17-19(11-16)28-14(3)23-17/h4-9,11,13,18,24H,10,12H2,1-3H3,(H,22,25)/t18-/m0/s1. The zero-order chi connectivity index (χ0) is 21.0. The van der Waals surface area contributed by atoms with Crippen molar-refractivity contribution in [2.75, 3.05) is 0 Å². The van der Waals surface area contributed by atoms with Gasteiger partial charge in [0.05, 0.1) is 32.4 Å². The molecule has 154 valence electrons. The first-order valence-corrected chi connectivity index (χ1v) is 11.6. The minimum absolute atomic E-state index is 0.125. The van der Waals surface area contributed by atoms with E-state index in [1.54, 1.807) is 30.5 Å². The monoisotopic (exact) mass is 432 g/mol. The zero-order valence-corrected chi connectivity index (χ0v) is 18.2. The van der Waals surface area contributed by atoms with Crippen LogP contribution >= 0.6 is 11.3 Å². The van der Waals surface area contributed by atoms with Crippen LogP contribution < -0.4 is 10.0 Å². The van der Waals surface area contributed by atoms with Gasteiger partial charge in [-0.1, -0.05) is 19.9 Å². The fourth-order valence-corrected chi connectivity index (χ4v) is 5.10. The summed E-state index contributed by atoms with van der Waals surface area (Å²) in [6.45, 7) is 6.00. The molecule has 3 rings (SSSR count). The average molecular weight is 433 g/mol. The normalized spacial score (nSPS) is 13.0. The van der Waals surface area contributed by atoms with E-state index in [0.717, 1.165) is 15.2 Å². The predicted octanol–water partition coefficient (Wildman–Crippen LogP) is 3.01. The van der Waals surface area contributed by atoms with E-state index < -0.39 is 16.1 Å². The summed E-state index contributed by atoms with van der Waals surface area (Å²) in [6, 6.07) is 9.35. The van der Waals surface area contributed by atoms with E-state index in [9.17, 15) is 13.2 Å². The Bertz CT molecular complexity index is 1100. The van der Waals surface area contributed by atoms with Crippen molar-refractivity contribution in [1.29, 1.82) is 0 Å². The molecular weight excluding hydrogens is 408 g/mol. The molecule has 2 N–H and O–H groups in total. The minimum Gasteiger partial charge on any atom is -0.349 e. The maximum Gasteiger partial charge on any atom is 0.241 e. The van der Waals surface area contributed by atoms with Gasteiger partial charge in [0.2, 0.25) is 15.9 Å². The summed E-state index contributed by atoms with van der Waals surface area (Å²) in [5, 5.41) is 3.64. The molecule has 3 aromatic rings. The SMILES string of the molecule is Cc1nc2ccc(S(=O)(=O)N[C@@H](CC(C)C)C(=O)NCc3ccccn3)cc2s1. The molecule has 0 fully saturated rings. The van der Waals surface area contributed by atoms with Gasteiger partial charge in [-0.3, -0.25) is 9.78 Å². The molecule has 0 aliphatic heterocycles. The summed E-state index contributed by atoms with van der Waals surface area (Å²) in [5.74, 6) is -0.238. The number of sulfonamides is 1. The maximum absolute atomic E-state index is 12.9. The molecule has 7 nitrogen and oxygen atoms in total. The summed E-state index contributed by atoms with van der Waals surface area (Å²) >= 11 is 1.43. The third-order valence-electron chi connectivity index (χ3n) is 4.27. The average Bonchev–Trinajstić information content (AvgIpc) is 3.05. The number of carbonyl (C=O) groups excluding carboxylic acids is 1. The Hall–Kier alpha value is -2.36. The molecule has 1 aromatic carbocycles. The molecule has 0 bridgehead atoms. The fourth-order valence-electron chi connectivity index (χ4n) is 2.93. The van der Waals surface area contributed by atoms with E-state index in [1.165, 1.54) is 17.4 Å². The van der Waals surface area contributed by atoms with Crippen LogP contribution in [0.5, 0.6) is 0 Å². The predicted molar refractivity (Wildman–Crippen MR) is 114 cm³/mol. The summed E-state index contributed by atoms with van der Waals surface area (Å²) in [6.07, 6.45) is 2.03. The smallest absolute Gasteiger partial charge is 0.241 e. The highest BCUT2D eigenvalue weighted by Crippen LogP contribution is 2.25. The Labute approximate surface area is 174 Å². The van der Waals surface area contributed by atoms with E-state index in [4.69, 9.17) is 0 Å². The Morgan fingerprint density at radius 3 is 2.69 bits per heavy atom. The molecule has 2 aromatic heterocycles. The Kier molecular flexibility index (Phi) is 6.61. The number of thiazole rings is 1. The number of benzene rings is 1. The number of nitrogens with zero attached hydrogens (tertiary/aromatic N) is 2. The number of hydrogen-bond acceptors (Lipinski definition) is 6. The molecule has 29 heavy (non-hydrogen) atoms. The molecule has 0 saturated heterocycles. The number of aryl methyl sites for hydroxylation is 1. The van der Waals surface area contributed by atoms with Gasteiger partial charge in [0.25, 0.3) is 0 Å². The molecule has 0 radical (unpaired) electrons. The van der Waals surface area contributed by atoms with Gasteiger partial charge in [-0.2, -0.15) is 4.72 Å². The van der Waals surface area contributed by atoms with Crippen LogP contribution in [-0.2, 0) is 21.4 Å². The van der Waals surface area contributed by atoms with Gasteiger partial charge in [0.15, 0.2) is 0 Å². The number of pyridine rings is 1. The number of rotatable bonds is 8. The van der Waals surface area contributed by atoms with Crippen LogP contribution in [0.25, 0.3) is 10.2 Å². The second kappa shape index (κ2) is 8.98. The molecule has 0 unspecified atom stereocenters. The minimum atomic E-state index is -3.86. The third-order valence-corrected chi connectivity index (χ3v) is 6.67. The molecule has 0 spiro atoms. The molecule has 1 atom stereocenters. The summed E-state index contributed by atoms with van der Waals surface area (Å²) in [5.41, 5.74) is 1.47. The number of amides is 1. The lowest BCUT2D eigenvalue weighted by atomic mass is 10.0. The van der Waals surface area contributed by atoms with E-state index >= 15 is 0 Å². The van der Waals surface area contributed by atoms with Gasteiger partial charge in [-0.05, 0) is 49.6 Å². The summed E-state index contributed by atoms with van der Waals surface area (Å²) < 4.78 is 29.2. The largest absolute Gasteiger partial charge is 0.349 e. The second-order valence-corrected chi connectivity index (χ2v) is 10.2.